The lowest BCUT2D eigenvalue weighted by Crippen LogP contribution is -2.25. The molecule has 21 heavy (non-hydrogen) atoms. The number of carboxylic acids is 1. The molecule has 1 aromatic heterocycles. The monoisotopic (exact) mass is 304 g/mol. The summed E-state index contributed by atoms with van der Waals surface area (Å²) in [6.07, 6.45) is 1.62. The number of hydrogen-bond donors (Lipinski definition) is 1. The summed E-state index contributed by atoms with van der Waals surface area (Å²) in [5, 5.41) is 10.1. The van der Waals surface area contributed by atoms with E-state index in [0.29, 0.717) is 16.4 Å². The number of aryl methyl sites for hydroxylation is 1. The summed E-state index contributed by atoms with van der Waals surface area (Å²) in [6, 6.07) is 9.13. The molecule has 0 bridgehead atoms. The summed E-state index contributed by atoms with van der Waals surface area (Å²) in [5.41, 5.74) is 1.84. The van der Waals surface area contributed by atoms with Crippen LogP contribution in [0.15, 0.2) is 36.5 Å². The van der Waals surface area contributed by atoms with Gasteiger partial charge in [-0.2, -0.15) is 0 Å². The van der Waals surface area contributed by atoms with Gasteiger partial charge in [0.15, 0.2) is 0 Å². The SMILES string of the molecule is Cc1ccnc(N(C)C(C)c2ccccc2Cl)c1C(=O)O. The van der Waals surface area contributed by atoms with Crippen molar-refractivity contribution in [1.82, 2.24) is 4.98 Å². The molecule has 0 spiro atoms. The number of hydrogen-bond acceptors (Lipinski definition) is 3. The minimum Gasteiger partial charge on any atom is -0.478 e. The van der Waals surface area contributed by atoms with Crippen molar-refractivity contribution in [2.75, 3.05) is 11.9 Å². The number of nitrogens with zero attached hydrogens (tertiary/aromatic N) is 2. The average molecular weight is 305 g/mol. The Labute approximate surface area is 129 Å². The topological polar surface area (TPSA) is 53.4 Å². The third-order valence-corrected chi connectivity index (χ3v) is 3.97. The molecule has 2 aromatic rings. The number of carbonyl (C=O) groups is 1. The van der Waals surface area contributed by atoms with Gasteiger partial charge in [0, 0.05) is 18.3 Å². The molecule has 4 nitrogen and oxygen atoms in total. The Morgan fingerprint density at radius 2 is 2.00 bits per heavy atom. The first-order valence-corrected chi connectivity index (χ1v) is 6.97. The molecule has 0 aliphatic carbocycles. The first kappa shape index (κ1) is 15.3. The molecule has 1 unspecified atom stereocenters. The smallest absolute Gasteiger partial charge is 0.339 e. The lowest BCUT2D eigenvalue weighted by atomic mass is 10.1. The molecule has 1 heterocycles. The van der Waals surface area contributed by atoms with E-state index in [9.17, 15) is 9.90 Å². The lowest BCUT2D eigenvalue weighted by Gasteiger charge is -2.28. The molecule has 0 amide bonds. The Hall–Kier alpha value is -2.07. The van der Waals surface area contributed by atoms with E-state index in [2.05, 4.69) is 4.98 Å². The van der Waals surface area contributed by atoms with E-state index in [4.69, 9.17) is 11.6 Å². The molecule has 0 aliphatic rings. The largest absolute Gasteiger partial charge is 0.478 e. The van der Waals surface area contributed by atoms with Crippen molar-refractivity contribution >= 4 is 23.4 Å². The number of anilines is 1. The maximum Gasteiger partial charge on any atom is 0.339 e. The second kappa shape index (κ2) is 6.14. The second-order valence-corrected chi connectivity index (χ2v) is 5.35. The van der Waals surface area contributed by atoms with Crippen LogP contribution in [0, 0.1) is 6.92 Å². The molecule has 0 aliphatic heterocycles. The zero-order chi connectivity index (χ0) is 15.6. The van der Waals surface area contributed by atoms with Crippen molar-refractivity contribution < 1.29 is 9.90 Å². The molecular formula is C16H17ClN2O2. The Kier molecular flexibility index (Phi) is 4.48. The van der Waals surface area contributed by atoms with Gasteiger partial charge < -0.3 is 10.0 Å². The van der Waals surface area contributed by atoms with Crippen LogP contribution in [0.3, 0.4) is 0 Å². The Balaban J connectivity index is 2.46. The maximum absolute atomic E-state index is 11.5. The number of benzene rings is 1. The Morgan fingerprint density at radius 1 is 1.33 bits per heavy atom. The third kappa shape index (κ3) is 3.00. The number of pyridine rings is 1. The summed E-state index contributed by atoms with van der Waals surface area (Å²) < 4.78 is 0. The standard InChI is InChI=1S/C16H17ClN2O2/c1-10-8-9-18-15(14(10)16(20)21)19(3)11(2)12-6-4-5-7-13(12)17/h4-9,11H,1-3H3,(H,20,21). The zero-order valence-corrected chi connectivity index (χ0v) is 12.9. The van der Waals surface area contributed by atoms with Crippen molar-refractivity contribution in [3.63, 3.8) is 0 Å². The van der Waals surface area contributed by atoms with Crippen LogP contribution in [0.4, 0.5) is 5.82 Å². The van der Waals surface area contributed by atoms with E-state index in [0.717, 1.165) is 5.56 Å². The molecular weight excluding hydrogens is 288 g/mol. The molecule has 2 rings (SSSR count). The van der Waals surface area contributed by atoms with Crippen LogP contribution in [0.2, 0.25) is 5.02 Å². The Bertz CT molecular complexity index is 673. The van der Waals surface area contributed by atoms with Gasteiger partial charge in [-0.05, 0) is 37.1 Å². The summed E-state index contributed by atoms with van der Waals surface area (Å²) in [5.74, 6) is -0.538. The van der Waals surface area contributed by atoms with Gasteiger partial charge in [0.05, 0.1) is 6.04 Å². The average Bonchev–Trinajstić information content (AvgIpc) is 2.45. The number of aromatic nitrogens is 1. The van der Waals surface area contributed by atoms with E-state index in [1.54, 1.807) is 19.2 Å². The van der Waals surface area contributed by atoms with E-state index >= 15 is 0 Å². The predicted molar refractivity (Wildman–Crippen MR) is 84.2 cm³/mol. The van der Waals surface area contributed by atoms with Crippen LogP contribution < -0.4 is 4.90 Å². The highest BCUT2D eigenvalue weighted by Crippen LogP contribution is 2.31. The number of carboxylic acid groups (broad SMARTS) is 1. The van der Waals surface area contributed by atoms with Crippen LogP contribution in [0.25, 0.3) is 0 Å². The van der Waals surface area contributed by atoms with Crippen LogP contribution in [0.5, 0.6) is 0 Å². The number of halogens is 1. The zero-order valence-electron chi connectivity index (χ0n) is 12.2. The normalized spacial score (nSPS) is 12.0. The minimum atomic E-state index is -0.978. The molecule has 0 fully saturated rings. The van der Waals surface area contributed by atoms with E-state index in [1.165, 1.54) is 0 Å². The van der Waals surface area contributed by atoms with E-state index < -0.39 is 5.97 Å². The van der Waals surface area contributed by atoms with Crippen molar-refractivity contribution in [1.29, 1.82) is 0 Å². The number of aromatic carboxylic acids is 1. The number of rotatable bonds is 4. The molecule has 0 radical (unpaired) electrons. The van der Waals surface area contributed by atoms with Gasteiger partial charge in [-0.3, -0.25) is 0 Å². The molecule has 0 saturated heterocycles. The fourth-order valence-electron chi connectivity index (χ4n) is 2.28. The van der Waals surface area contributed by atoms with Gasteiger partial charge in [-0.15, -0.1) is 0 Å². The lowest BCUT2D eigenvalue weighted by molar-refractivity contribution is 0.0696. The fraction of sp³-hybridized carbons (Fsp3) is 0.250. The van der Waals surface area contributed by atoms with Crippen molar-refractivity contribution in [2.45, 2.75) is 19.9 Å². The quantitative estimate of drug-likeness (QED) is 0.929. The van der Waals surface area contributed by atoms with Gasteiger partial charge in [0.25, 0.3) is 0 Å². The second-order valence-electron chi connectivity index (χ2n) is 4.94. The van der Waals surface area contributed by atoms with E-state index in [1.807, 2.05) is 43.1 Å². The van der Waals surface area contributed by atoms with Crippen molar-refractivity contribution in [3.8, 4) is 0 Å². The minimum absolute atomic E-state index is 0.0916. The maximum atomic E-state index is 11.5. The molecule has 0 saturated carbocycles. The van der Waals surface area contributed by atoms with Gasteiger partial charge in [0.2, 0.25) is 0 Å². The van der Waals surface area contributed by atoms with Crippen LogP contribution in [-0.2, 0) is 0 Å². The molecule has 110 valence electrons. The Morgan fingerprint density at radius 3 is 2.62 bits per heavy atom. The molecule has 5 heteroatoms. The summed E-state index contributed by atoms with van der Waals surface area (Å²) in [4.78, 5) is 17.6. The highest BCUT2D eigenvalue weighted by atomic mass is 35.5. The highest BCUT2D eigenvalue weighted by Gasteiger charge is 2.22. The molecule has 1 aromatic carbocycles. The third-order valence-electron chi connectivity index (χ3n) is 3.62. The van der Waals surface area contributed by atoms with Crippen LogP contribution in [-0.4, -0.2) is 23.1 Å². The fourth-order valence-corrected chi connectivity index (χ4v) is 2.58. The van der Waals surface area contributed by atoms with E-state index in [-0.39, 0.29) is 11.6 Å². The van der Waals surface area contributed by atoms with Gasteiger partial charge in [0.1, 0.15) is 11.4 Å². The first-order valence-electron chi connectivity index (χ1n) is 6.59. The summed E-state index contributed by atoms with van der Waals surface area (Å²) >= 11 is 6.22. The molecule has 1 atom stereocenters. The van der Waals surface area contributed by atoms with Crippen LogP contribution in [0.1, 0.15) is 34.5 Å². The summed E-state index contributed by atoms with van der Waals surface area (Å²) in [6.45, 7) is 3.74. The molecule has 1 N–H and O–H groups in total. The first-order chi connectivity index (χ1) is 9.93. The van der Waals surface area contributed by atoms with Gasteiger partial charge in [-0.1, -0.05) is 29.8 Å². The van der Waals surface area contributed by atoms with Crippen LogP contribution >= 0.6 is 11.6 Å². The van der Waals surface area contributed by atoms with Gasteiger partial charge >= 0.3 is 5.97 Å². The predicted octanol–water partition coefficient (Wildman–Crippen LogP) is 3.94. The van der Waals surface area contributed by atoms with Crippen molar-refractivity contribution in [3.05, 3.63) is 58.2 Å². The van der Waals surface area contributed by atoms with Gasteiger partial charge in [-0.25, -0.2) is 9.78 Å². The summed E-state index contributed by atoms with van der Waals surface area (Å²) in [7, 11) is 1.82. The highest BCUT2D eigenvalue weighted by molar-refractivity contribution is 6.31. The van der Waals surface area contributed by atoms with Crippen molar-refractivity contribution in [2.24, 2.45) is 0 Å².